The molecule has 0 spiro atoms. The lowest BCUT2D eigenvalue weighted by Crippen LogP contribution is -2.33. The molecule has 2 aromatic heterocycles. The van der Waals surface area contributed by atoms with E-state index in [0.717, 1.165) is 12.8 Å². The van der Waals surface area contributed by atoms with E-state index >= 15 is 0 Å². The predicted octanol–water partition coefficient (Wildman–Crippen LogP) is 4.06. The van der Waals surface area contributed by atoms with Gasteiger partial charge in [-0.15, -0.1) is 0 Å². The number of nitrogens with zero attached hydrogens (tertiary/aromatic N) is 4. The fourth-order valence-corrected chi connectivity index (χ4v) is 3.04. The SMILES string of the molecule is CCCN(CCC)C(=O)c1cnn(-c2cccc(F)c2)c1-n1cccc1. The van der Waals surface area contributed by atoms with Crippen molar-refractivity contribution in [1.29, 1.82) is 0 Å². The van der Waals surface area contributed by atoms with E-state index in [-0.39, 0.29) is 11.7 Å². The number of rotatable bonds is 7. The highest BCUT2D eigenvalue weighted by Gasteiger charge is 2.23. The molecule has 0 unspecified atom stereocenters. The zero-order valence-corrected chi connectivity index (χ0v) is 15.1. The van der Waals surface area contributed by atoms with Crippen molar-refractivity contribution in [2.24, 2.45) is 0 Å². The summed E-state index contributed by atoms with van der Waals surface area (Å²) in [6, 6.07) is 9.96. The minimum atomic E-state index is -0.345. The van der Waals surface area contributed by atoms with Crippen LogP contribution in [0.2, 0.25) is 0 Å². The fourth-order valence-electron chi connectivity index (χ4n) is 3.04. The summed E-state index contributed by atoms with van der Waals surface area (Å²) in [5.74, 6) is 0.214. The van der Waals surface area contributed by atoms with Crippen LogP contribution in [0, 0.1) is 5.82 Å². The number of carbonyl (C=O) groups excluding carboxylic acids is 1. The number of hydrogen-bond acceptors (Lipinski definition) is 2. The zero-order chi connectivity index (χ0) is 18.5. The van der Waals surface area contributed by atoms with E-state index in [0.29, 0.717) is 30.2 Å². The highest BCUT2D eigenvalue weighted by atomic mass is 19.1. The van der Waals surface area contributed by atoms with Crippen molar-refractivity contribution >= 4 is 5.91 Å². The average Bonchev–Trinajstić information content (AvgIpc) is 3.30. The number of amides is 1. The third-order valence-corrected chi connectivity index (χ3v) is 4.15. The second-order valence-electron chi connectivity index (χ2n) is 6.16. The number of hydrogen-bond donors (Lipinski definition) is 0. The zero-order valence-electron chi connectivity index (χ0n) is 15.1. The quantitative estimate of drug-likeness (QED) is 0.642. The van der Waals surface area contributed by atoms with Gasteiger partial charge in [-0.05, 0) is 43.2 Å². The van der Waals surface area contributed by atoms with Crippen LogP contribution in [0.4, 0.5) is 4.39 Å². The Morgan fingerprint density at radius 1 is 1.12 bits per heavy atom. The van der Waals surface area contributed by atoms with Crippen LogP contribution in [0.1, 0.15) is 37.0 Å². The minimum Gasteiger partial charge on any atom is -0.339 e. The van der Waals surface area contributed by atoms with Crippen LogP contribution >= 0.6 is 0 Å². The smallest absolute Gasteiger partial charge is 0.259 e. The summed E-state index contributed by atoms with van der Waals surface area (Å²) < 4.78 is 17.1. The standard InChI is InChI=1S/C20H23FN4O/c1-3-10-24(11-4-2)20(26)18-15-22-25(17-9-7-8-16(21)14-17)19(18)23-12-5-6-13-23/h5-9,12-15H,3-4,10-11H2,1-2H3. The number of aromatic nitrogens is 3. The van der Waals surface area contributed by atoms with Gasteiger partial charge in [0.15, 0.2) is 5.82 Å². The molecule has 0 bridgehead atoms. The fraction of sp³-hybridized carbons (Fsp3) is 0.300. The second kappa shape index (κ2) is 7.99. The topological polar surface area (TPSA) is 43.1 Å². The van der Waals surface area contributed by atoms with Crippen LogP contribution < -0.4 is 0 Å². The van der Waals surface area contributed by atoms with E-state index in [1.807, 2.05) is 34.0 Å². The first-order chi connectivity index (χ1) is 12.7. The van der Waals surface area contributed by atoms with Gasteiger partial charge in [0.2, 0.25) is 0 Å². The van der Waals surface area contributed by atoms with Crippen LogP contribution in [0.3, 0.4) is 0 Å². The first-order valence-electron chi connectivity index (χ1n) is 8.92. The molecule has 0 aliphatic heterocycles. The summed E-state index contributed by atoms with van der Waals surface area (Å²) in [7, 11) is 0. The van der Waals surface area contributed by atoms with Crippen molar-refractivity contribution < 1.29 is 9.18 Å². The highest BCUT2D eigenvalue weighted by molar-refractivity contribution is 5.97. The maximum atomic E-state index is 13.7. The lowest BCUT2D eigenvalue weighted by atomic mass is 10.2. The Kier molecular flexibility index (Phi) is 5.51. The molecule has 0 saturated heterocycles. The van der Waals surface area contributed by atoms with Crippen LogP contribution in [-0.2, 0) is 0 Å². The molecule has 0 atom stereocenters. The van der Waals surface area contributed by atoms with E-state index < -0.39 is 0 Å². The summed E-state index contributed by atoms with van der Waals surface area (Å²) in [6.07, 6.45) is 7.06. The van der Waals surface area contributed by atoms with Crippen molar-refractivity contribution in [1.82, 2.24) is 19.2 Å². The normalized spacial score (nSPS) is 10.9. The van der Waals surface area contributed by atoms with Gasteiger partial charge in [-0.3, -0.25) is 4.79 Å². The summed E-state index contributed by atoms with van der Waals surface area (Å²) in [6.45, 7) is 5.50. The van der Waals surface area contributed by atoms with Gasteiger partial charge in [0, 0.05) is 25.5 Å². The van der Waals surface area contributed by atoms with Gasteiger partial charge in [0.05, 0.1) is 11.9 Å². The third kappa shape index (κ3) is 3.54. The molecule has 0 radical (unpaired) electrons. The Labute approximate surface area is 152 Å². The lowest BCUT2D eigenvalue weighted by Gasteiger charge is -2.21. The monoisotopic (exact) mass is 354 g/mol. The van der Waals surface area contributed by atoms with Gasteiger partial charge in [-0.2, -0.15) is 5.10 Å². The van der Waals surface area contributed by atoms with Crippen molar-refractivity contribution in [3.05, 3.63) is 66.4 Å². The van der Waals surface area contributed by atoms with E-state index in [2.05, 4.69) is 18.9 Å². The maximum absolute atomic E-state index is 13.7. The molecule has 5 nitrogen and oxygen atoms in total. The van der Waals surface area contributed by atoms with Gasteiger partial charge in [0.25, 0.3) is 5.91 Å². The first kappa shape index (κ1) is 17.9. The Balaban J connectivity index is 2.10. The summed E-state index contributed by atoms with van der Waals surface area (Å²) >= 11 is 0. The molecule has 0 saturated carbocycles. The van der Waals surface area contributed by atoms with E-state index in [4.69, 9.17) is 0 Å². The van der Waals surface area contributed by atoms with E-state index in [9.17, 15) is 9.18 Å². The van der Waals surface area contributed by atoms with Crippen molar-refractivity contribution in [2.45, 2.75) is 26.7 Å². The van der Waals surface area contributed by atoms with Crippen LogP contribution in [0.15, 0.2) is 55.0 Å². The Morgan fingerprint density at radius 3 is 2.42 bits per heavy atom. The Bertz CT molecular complexity index is 864. The number of halogens is 1. The van der Waals surface area contributed by atoms with Crippen LogP contribution in [0.5, 0.6) is 0 Å². The van der Waals surface area contributed by atoms with Gasteiger partial charge >= 0.3 is 0 Å². The molecule has 6 heteroatoms. The molecular weight excluding hydrogens is 331 g/mol. The van der Waals surface area contributed by atoms with Crippen molar-refractivity contribution in [2.75, 3.05) is 13.1 Å². The molecule has 1 amide bonds. The average molecular weight is 354 g/mol. The Morgan fingerprint density at radius 2 is 1.81 bits per heavy atom. The lowest BCUT2D eigenvalue weighted by molar-refractivity contribution is 0.0755. The van der Waals surface area contributed by atoms with E-state index in [1.165, 1.54) is 12.1 Å². The first-order valence-corrected chi connectivity index (χ1v) is 8.92. The van der Waals surface area contributed by atoms with Crippen molar-refractivity contribution in [3.8, 4) is 11.5 Å². The molecule has 3 aromatic rings. The molecule has 2 heterocycles. The molecule has 0 aliphatic rings. The van der Waals surface area contributed by atoms with Gasteiger partial charge < -0.3 is 9.47 Å². The molecule has 0 N–H and O–H groups in total. The van der Waals surface area contributed by atoms with Crippen molar-refractivity contribution in [3.63, 3.8) is 0 Å². The molecule has 26 heavy (non-hydrogen) atoms. The second-order valence-corrected chi connectivity index (χ2v) is 6.16. The third-order valence-electron chi connectivity index (χ3n) is 4.15. The minimum absolute atomic E-state index is 0.0555. The largest absolute Gasteiger partial charge is 0.339 e. The number of carbonyl (C=O) groups is 1. The van der Waals surface area contributed by atoms with Crippen LogP contribution in [-0.4, -0.2) is 38.2 Å². The molecular formula is C20H23FN4O. The van der Waals surface area contributed by atoms with E-state index in [1.54, 1.807) is 23.0 Å². The summed E-state index contributed by atoms with van der Waals surface area (Å²) in [5.41, 5.74) is 1.08. The summed E-state index contributed by atoms with van der Waals surface area (Å²) in [5, 5.41) is 4.39. The highest BCUT2D eigenvalue weighted by Crippen LogP contribution is 2.22. The predicted molar refractivity (Wildman–Crippen MR) is 99.3 cm³/mol. The van der Waals surface area contributed by atoms with Crippen LogP contribution in [0.25, 0.3) is 11.5 Å². The molecule has 3 rings (SSSR count). The van der Waals surface area contributed by atoms with Gasteiger partial charge in [0.1, 0.15) is 11.4 Å². The maximum Gasteiger partial charge on any atom is 0.259 e. The molecule has 0 aliphatic carbocycles. The Hall–Kier alpha value is -2.89. The van der Waals surface area contributed by atoms with Gasteiger partial charge in [-0.25, -0.2) is 9.07 Å². The molecule has 1 aromatic carbocycles. The molecule has 136 valence electrons. The molecule has 0 fully saturated rings. The summed E-state index contributed by atoms with van der Waals surface area (Å²) in [4.78, 5) is 15.0. The van der Waals surface area contributed by atoms with Gasteiger partial charge in [-0.1, -0.05) is 19.9 Å². The number of benzene rings is 1.